The van der Waals surface area contributed by atoms with Crippen LogP contribution in [0.3, 0.4) is 0 Å². The van der Waals surface area contributed by atoms with Crippen molar-refractivity contribution >= 4 is 28.8 Å². The first kappa shape index (κ1) is 18.4. The van der Waals surface area contributed by atoms with Crippen LogP contribution in [0.25, 0.3) is 10.6 Å². The van der Waals surface area contributed by atoms with Gasteiger partial charge in [-0.15, -0.1) is 11.3 Å². The van der Waals surface area contributed by atoms with E-state index >= 15 is 0 Å². The highest BCUT2D eigenvalue weighted by atomic mass is 35.5. The summed E-state index contributed by atoms with van der Waals surface area (Å²) in [4.78, 5) is 18.4. The molecule has 0 aliphatic carbocycles. The smallest absolute Gasteiger partial charge is 0.223 e. The summed E-state index contributed by atoms with van der Waals surface area (Å²) in [7, 11) is 0. The number of amides is 1. The number of aromatic nitrogens is 1. The maximum atomic E-state index is 12.6. The number of nitrogens with zero attached hydrogens (tertiary/aromatic N) is 1. The van der Waals surface area contributed by atoms with Crippen molar-refractivity contribution in [2.45, 2.75) is 45.7 Å². The van der Waals surface area contributed by atoms with Gasteiger partial charge in [-0.05, 0) is 52.3 Å². The van der Waals surface area contributed by atoms with E-state index in [1.807, 2.05) is 38.1 Å². The van der Waals surface area contributed by atoms with Crippen LogP contribution in [0, 0.1) is 12.8 Å². The van der Waals surface area contributed by atoms with Crippen LogP contribution in [0.1, 0.15) is 43.3 Å². The fourth-order valence-corrected chi connectivity index (χ4v) is 4.49. The number of halogens is 1. The minimum absolute atomic E-state index is 0.0313. The van der Waals surface area contributed by atoms with Gasteiger partial charge in [0.1, 0.15) is 5.01 Å². The molecule has 2 N–H and O–H groups in total. The lowest BCUT2D eigenvalue weighted by Crippen LogP contribution is -2.42. The van der Waals surface area contributed by atoms with E-state index in [9.17, 15) is 4.79 Å². The van der Waals surface area contributed by atoms with Gasteiger partial charge >= 0.3 is 0 Å². The Morgan fingerprint density at radius 2 is 2.12 bits per heavy atom. The van der Waals surface area contributed by atoms with Gasteiger partial charge < -0.3 is 10.6 Å². The van der Waals surface area contributed by atoms with Crippen LogP contribution in [0.15, 0.2) is 24.3 Å². The van der Waals surface area contributed by atoms with Crippen molar-refractivity contribution in [2.24, 2.45) is 5.92 Å². The summed E-state index contributed by atoms with van der Waals surface area (Å²) in [6.45, 7) is 7.08. The molecule has 0 radical (unpaired) electrons. The van der Waals surface area contributed by atoms with Crippen molar-refractivity contribution in [1.29, 1.82) is 0 Å². The SMILES string of the molecule is Cc1nc(-c2ccc(Cl)cc2)sc1C(C)NC(=O)[C@H]1CCN[C@@H](C)C1. The molecule has 1 saturated heterocycles. The average molecular weight is 378 g/mol. The van der Waals surface area contributed by atoms with Crippen LogP contribution < -0.4 is 10.6 Å². The standard InChI is InChI=1S/C19H24ClN3OS/c1-11-10-15(8-9-21-11)18(24)22-12(2)17-13(3)23-19(25-17)14-4-6-16(20)7-5-14/h4-7,11-12,15,21H,8-10H2,1-3H3,(H,22,24)/t11-,12?,15-/m0/s1. The zero-order valence-corrected chi connectivity index (χ0v) is 16.4. The van der Waals surface area contributed by atoms with Crippen molar-refractivity contribution in [1.82, 2.24) is 15.6 Å². The summed E-state index contributed by atoms with van der Waals surface area (Å²) in [5.74, 6) is 0.254. The molecule has 6 heteroatoms. The number of nitrogens with one attached hydrogen (secondary N) is 2. The molecule has 25 heavy (non-hydrogen) atoms. The Bertz CT molecular complexity index is 744. The monoisotopic (exact) mass is 377 g/mol. The minimum atomic E-state index is -0.0313. The molecule has 1 unspecified atom stereocenters. The highest BCUT2D eigenvalue weighted by Gasteiger charge is 2.26. The van der Waals surface area contributed by atoms with E-state index in [2.05, 4.69) is 22.5 Å². The first-order chi connectivity index (χ1) is 11.9. The zero-order valence-electron chi connectivity index (χ0n) is 14.8. The molecule has 1 aliphatic rings. The second kappa shape index (κ2) is 7.85. The highest BCUT2D eigenvalue weighted by Crippen LogP contribution is 2.32. The fourth-order valence-electron chi connectivity index (χ4n) is 3.29. The number of aryl methyl sites for hydroxylation is 1. The maximum absolute atomic E-state index is 12.6. The number of hydrogen-bond donors (Lipinski definition) is 2. The molecule has 1 aromatic carbocycles. The Morgan fingerprint density at radius 1 is 1.40 bits per heavy atom. The number of hydrogen-bond acceptors (Lipinski definition) is 4. The van der Waals surface area contributed by atoms with E-state index in [1.54, 1.807) is 11.3 Å². The highest BCUT2D eigenvalue weighted by molar-refractivity contribution is 7.15. The van der Waals surface area contributed by atoms with Gasteiger partial charge in [0.2, 0.25) is 5.91 Å². The van der Waals surface area contributed by atoms with Gasteiger partial charge in [-0.1, -0.05) is 23.7 Å². The second-order valence-corrected chi connectivity index (χ2v) is 8.25. The summed E-state index contributed by atoms with van der Waals surface area (Å²) in [6, 6.07) is 8.07. The molecule has 1 aromatic heterocycles. The van der Waals surface area contributed by atoms with E-state index in [-0.39, 0.29) is 17.9 Å². The number of thiazole rings is 1. The molecule has 2 aromatic rings. The average Bonchev–Trinajstić information content (AvgIpc) is 2.97. The topological polar surface area (TPSA) is 54.0 Å². The lowest BCUT2D eigenvalue weighted by Gasteiger charge is -2.28. The second-order valence-electron chi connectivity index (χ2n) is 6.78. The summed E-state index contributed by atoms with van der Waals surface area (Å²) >= 11 is 7.59. The van der Waals surface area contributed by atoms with Crippen molar-refractivity contribution in [3.8, 4) is 10.6 Å². The number of piperidine rings is 1. The van der Waals surface area contributed by atoms with E-state index in [0.29, 0.717) is 11.1 Å². The van der Waals surface area contributed by atoms with Crippen molar-refractivity contribution in [3.05, 3.63) is 39.9 Å². The third-order valence-electron chi connectivity index (χ3n) is 4.67. The van der Waals surface area contributed by atoms with Crippen LogP contribution in [0.4, 0.5) is 0 Å². The van der Waals surface area contributed by atoms with Gasteiger partial charge in [0.05, 0.1) is 16.6 Å². The number of carbonyl (C=O) groups excluding carboxylic acids is 1. The van der Waals surface area contributed by atoms with E-state index < -0.39 is 0 Å². The Balaban J connectivity index is 1.70. The summed E-state index contributed by atoms with van der Waals surface area (Å²) in [5, 5.41) is 8.25. The third kappa shape index (κ3) is 4.40. The van der Waals surface area contributed by atoms with Gasteiger partial charge in [-0.2, -0.15) is 0 Å². The van der Waals surface area contributed by atoms with Gasteiger partial charge in [-0.3, -0.25) is 4.79 Å². The molecule has 1 aliphatic heterocycles. The molecule has 4 nitrogen and oxygen atoms in total. The molecular formula is C19H24ClN3OS. The quantitative estimate of drug-likeness (QED) is 0.833. The van der Waals surface area contributed by atoms with Crippen molar-refractivity contribution < 1.29 is 4.79 Å². The van der Waals surface area contributed by atoms with Gasteiger partial charge in [0.15, 0.2) is 0 Å². The van der Waals surface area contributed by atoms with Gasteiger partial charge in [0, 0.05) is 22.5 Å². The maximum Gasteiger partial charge on any atom is 0.223 e. The van der Waals surface area contributed by atoms with E-state index in [4.69, 9.17) is 11.6 Å². The Kier molecular flexibility index (Phi) is 5.77. The number of carbonyl (C=O) groups is 1. The molecule has 0 spiro atoms. The Labute approximate surface area is 158 Å². The lowest BCUT2D eigenvalue weighted by atomic mass is 9.92. The lowest BCUT2D eigenvalue weighted by molar-refractivity contribution is -0.126. The molecule has 2 heterocycles. The van der Waals surface area contributed by atoms with Crippen molar-refractivity contribution in [2.75, 3.05) is 6.54 Å². The fraction of sp³-hybridized carbons (Fsp3) is 0.474. The molecule has 1 amide bonds. The van der Waals surface area contributed by atoms with Crippen LogP contribution in [0.2, 0.25) is 5.02 Å². The van der Waals surface area contributed by atoms with Crippen molar-refractivity contribution in [3.63, 3.8) is 0 Å². The van der Waals surface area contributed by atoms with E-state index in [1.165, 1.54) is 0 Å². The third-order valence-corrected chi connectivity index (χ3v) is 6.31. The normalized spacial score (nSPS) is 21.8. The van der Waals surface area contributed by atoms with Crippen LogP contribution >= 0.6 is 22.9 Å². The molecule has 134 valence electrons. The summed E-state index contributed by atoms with van der Waals surface area (Å²) in [6.07, 6.45) is 1.80. The molecular weight excluding hydrogens is 354 g/mol. The summed E-state index contributed by atoms with van der Waals surface area (Å²) in [5.41, 5.74) is 2.02. The molecule has 0 bridgehead atoms. The largest absolute Gasteiger partial charge is 0.348 e. The van der Waals surface area contributed by atoms with E-state index in [0.717, 1.165) is 40.5 Å². The predicted molar refractivity (Wildman–Crippen MR) is 104 cm³/mol. The number of rotatable bonds is 4. The molecule has 0 saturated carbocycles. The Morgan fingerprint density at radius 3 is 2.80 bits per heavy atom. The number of benzene rings is 1. The Hall–Kier alpha value is -1.43. The zero-order chi connectivity index (χ0) is 18.0. The van der Waals surface area contributed by atoms with Crippen LogP contribution in [-0.2, 0) is 4.79 Å². The van der Waals surface area contributed by atoms with Gasteiger partial charge in [0.25, 0.3) is 0 Å². The first-order valence-electron chi connectivity index (χ1n) is 8.71. The predicted octanol–water partition coefficient (Wildman–Crippen LogP) is 4.34. The molecule has 1 fully saturated rings. The van der Waals surface area contributed by atoms with Crippen LogP contribution in [0.5, 0.6) is 0 Å². The molecule has 3 atom stereocenters. The molecule has 3 rings (SSSR count). The summed E-state index contributed by atoms with van der Waals surface area (Å²) < 4.78 is 0. The minimum Gasteiger partial charge on any atom is -0.348 e. The van der Waals surface area contributed by atoms with Gasteiger partial charge in [-0.25, -0.2) is 4.98 Å². The van der Waals surface area contributed by atoms with Crippen LogP contribution in [-0.4, -0.2) is 23.5 Å². The first-order valence-corrected chi connectivity index (χ1v) is 9.90.